The van der Waals surface area contributed by atoms with E-state index >= 15 is 0 Å². The van der Waals surface area contributed by atoms with Gasteiger partial charge in [0.15, 0.2) is 0 Å². The highest BCUT2D eigenvalue weighted by Crippen LogP contribution is 2.25. The van der Waals surface area contributed by atoms with Crippen molar-refractivity contribution in [2.45, 2.75) is 33.1 Å². The van der Waals surface area contributed by atoms with Crippen molar-refractivity contribution in [3.8, 4) is 0 Å². The van der Waals surface area contributed by atoms with Crippen molar-refractivity contribution < 1.29 is 4.79 Å². The third kappa shape index (κ3) is 3.14. The van der Waals surface area contributed by atoms with Gasteiger partial charge >= 0.3 is 0 Å². The molecule has 0 spiro atoms. The Morgan fingerprint density at radius 2 is 1.74 bits per heavy atom. The van der Waals surface area contributed by atoms with Crippen LogP contribution < -0.4 is 5.32 Å². The van der Waals surface area contributed by atoms with E-state index in [2.05, 4.69) is 31.1 Å². The molecule has 0 bridgehead atoms. The van der Waals surface area contributed by atoms with Gasteiger partial charge < -0.3 is 10.3 Å². The summed E-state index contributed by atoms with van der Waals surface area (Å²) in [6.45, 7) is 8.50. The van der Waals surface area contributed by atoms with Crippen LogP contribution in [0.2, 0.25) is 0 Å². The first-order valence-electron chi connectivity index (χ1n) is 7.85. The van der Waals surface area contributed by atoms with E-state index in [-0.39, 0.29) is 11.3 Å². The summed E-state index contributed by atoms with van der Waals surface area (Å²) < 4.78 is 0. The number of aromatic nitrogens is 1. The van der Waals surface area contributed by atoms with Gasteiger partial charge in [-0.05, 0) is 48.2 Å². The second-order valence-corrected chi connectivity index (χ2v) is 7.00. The van der Waals surface area contributed by atoms with E-state index in [0.717, 1.165) is 22.3 Å². The summed E-state index contributed by atoms with van der Waals surface area (Å²) in [5.74, 6) is -0.0863. The van der Waals surface area contributed by atoms with Crippen LogP contribution in [0, 0.1) is 6.92 Å². The fourth-order valence-corrected chi connectivity index (χ4v) is 2.72. The van der Waals surface area contributed by atoms with Gasteiger partial charge in [0, 0.05) is 22.2 Å². The van der Waals surface area contributed by atoms with Gasteiger partial charge in [-0.1, -0.05) is 39.0 Å². The molecule has 3 heteroatoms. The Morgan fingerprint density at radius 1 is 1.04 bits per heavy atom. The predicted octanol–water partition coefficient (Wildman–Crippen LogP) is 5.03. The maximum Gasteiger partial charge on any atom is 0.255 e. The van der Waals surface area contributed by atoms with Crippen molar-refractivity contribution in [3.05, 3.63) is 65.4 Å². The van der Waals surface area contributed by atoms with Crippen LogP contribution in [-0.4, -0.2) is 10.9 Å². The first-order valence-corrected chi connectivity index (χ1v) is 7.85. The summed E-state index contributed by atoms with van der Waals surface area (Å²) >= 11 is 0. The maximum absolute atomic E-state index is 12.5. The number of hydrogen-bond donors (Lipinski definition) is 2. The molecule has 0 radical (unpaired) electrons. The molecule has 1 amide bonds. The molecule has 0 saturated carbocycles. The van der Waals surface area contributed by atoms with Gasteiger partial charge in [-0.3, -0.25) is 4.79 Å². The summed E-state index contributed by atoms with van der Waals surface area (Å²) in [5.41, 5.74) is 4.92. The van der Waals surface area contributed by atoms with Crippen LogP contribution >= 0.6 is 0 Å². The van der Waals surface area contributed by atoms with E-state index in [1.807, 2.05) is 55.5 Å². The number of aromatic amines is 1. The fourth-order valence-electron chi connectivity index (χ4n) is 2.72. The fraction of sp³-hybridized carbons (Fsp3) is 0.250. The highest BCUT2D eigenvalue weighted by Gasteiger charge is 2.15. The largest absolute Gasteiger partial charge is 0.359 e. The number of hydrogen-bond acceptors (Lipinski definition) is 1. The quantitative estimate of drug-likeness (QED) is 0.685. The molecule has 118 valence electrons. The zero-order valence-corrected chi connectivity index (χ0v) is 14.0. The first kappa shape index (κ1) is 15.3. The lowest BCUT2D eigenvalue weighted by molar-refractivity contribution is 0.102. The number of rotatable bonds is 2. The number of carbonyl (C=O) groups is 1. The molecule has 23 heavy (non-hydrogen) atoms. The molecule has 2 aromatic carbocycles. The second-order valence-electron chi connectivity index (χ2n) is 7.00. The van der Waals surface area contributed by atoms with Crippen LogP contribution in [-0.2, 0) is 5.41 Å². The average molecular weight is 306 g/mol. The standard InChI is InChI=1S/C20H22N2O/c1-13-12-16-17(21-13)6-5-7-18(16)22-19(23)14-8-10-15(11-9-14)20(2,3)4/h5-12,21H,1-4H3,(H,22,23). The zero-order valence-electron chi connectivity index (χ0n) is 14.0. The number of aryl methyl sites for hydroxylation is 1. The third-order valence-electron chi connectivity index (χ3n) is 4.06. The van der Waals surface area contributed by atoms with E-state index < -0.39 is 0 Å². The minimum atomic E-state index is -0.0863. The van der Waals surface area contributed by atoms with E-state index in [4.69, 9.17) is 0 Å². The van der Waals surface area contributed by atoms with Crippen LogP contribution in [0.25, 0.3) is 10.9 Å². The van der Waals surface area contributed by atoms with Crippen LogP contribution in [0.3, 0.4) is 0 Å². The zero-order chi connectivity index (χ0) is 16.6. The normalized spacial score (nSPS) is 11.7. The van der Waals surface area contributed by atoms with Crippen molar-refractivity contribution in [1.29, 1.82) is 0 Å². The Hall–Kier alpha value is -2.55. The van der Waals surface area contributed by atoms with Gasteiger partial charge in [0.2, 0.25) is 0 Å². The molecule has 0 aliphatic carbocycles. The Kier molecular flexibility index (Phi) is 3.72. The topological polar surface area (TPSA) is 44.9 Å². The number of fused-ring (bicyclic) bond motifs is 1. The summed E-state index contributed by atoms with van der Waals surface area (Å²) in [7, 11) is 0. The summed E-state index contributed by atoms with van der Waals surface area (Å²) in [5, 5.41) is 4.05. The minimum Gasteiger partial charge on any atom is -0.359 e. The molecule has 3 aromatic rings. The smallest absolute Gasteiger partial charge is 0.255 e. The molecule has 2 N–H and O–H groups in total. The molecular weight excluding hydrogens is 284 g/mol. The van der Waals surface area contributed by atoms with Crippen LogP contribution in [0.5, 0.6) is 0 Å². The predicted molar refractivity (Wildman–Crippen MR) is 96.1 cm³/mol. The molecule has 1 aromatic heterocycles. The van der Waals surface area contributed by atoms with Gasteiger partial charge in [-0.15, -0.1) is 0 Å². The lowest BCUT2D eigenvalue weighted by atomic mass is 9.87. The Balaban J connectivity index is 1.86. The number of benzene rings is 2. The Morgan fingerprint density at radius 3 is 2.39 bits per heavy atom. The Labute approximate surface area is 136 Å². The van der Waals surface area contributed by atoms with Gasteiger partial charge in [0.25, 0.3) is 5.91 Å². The molecule has 1 heterocycles. The number of amides is 1. The monoisotopic (exact) mass is 306 g/mol. The summed E-state index contributed by atoms with van der Waals surface area (Å²) in [6.07, 6.45) is 0. The molecule has 0 aliphatic rings. The van der Waals surface area contributed by atoms with Crippen molar-refractivity contribution in [1.82, 2.24) is 4.98 Å². The lowest BCUT2D eigenvalue weighted by Gasteiger charge is -2.19. The third-order valence-corrected chi connectivity index (χ3v) is 4.06. The van der Waals surface area contributed by atoms with Gasteiger partial charge in [0.1, 0.15) is 0 Å². The van der Waals surface area contributed by atoms with Gasteiger partial charge in [-0.2, -0.15) is 0 Å². The van der Waals surface area contributed by atoms with Crippen LogP contribution in [0.15, 0.2) is 48.5 Å². The number of anilines is 1. The minimum absolute atomic E-state index is 0.0863. The maximum atomic E-state index is 12.5. The van der Waals surface area contributed by atoms with Gasteiger partial charge in [-0.25, -0.2) is 0 Å². The molecule has 0 atom stereocenters. The molecular formula is C20H22N2O. The first-order chi connectivity index (χ1) is 10.8. The highest BCUT2D eigenvalue weighted by molar-refractivity contribution is 6.08. The molecule has 3 nitrogen and oxygen atoms in total. The van der Waals surface area contributed by atoms with Crippen molar-refractivity contribution >= 4 is 22.5 Å². The van der Waals surface area contributed by atoms with E-state index in [1.165, 1.54) is 5.56 Å². The number of carbonyl (C=O) groups excluding carboxylic acids is 1. The van der Waals surface area contributed by atoms with Crippen LogP contribution in [0.4, 0.5) is 5.69 Å². The molecule has 0 fully saturated rings. The lowest BCUT2D eigenvalue weighted by Crippen LogP contribution is -2.14. The number of nitrogens with one attached hydrogen (secondary N) is 2. The highest BCUT2D eigenvalue weighted by atomic mass is 16.1. The average Bonchev–Trinajstić information content (AvgIpc) is 2.88. The van der Waals surface area contributed by atoms with Gasteiger partial charge in [0.05, 0.1) is 5.69 Å². The summed E-state index contributed by atoms with van der Waals surface area (Å²) in [6, 6.07) is 15.8. The molecule has 0 unspecified atom stereocenters. The van der Waals surface area contributed by atoms with Crippen molar-refractivity contribution in [2.75, 3.05) is 5.32 Å². The van der Waals surface area contributed by atoms with E-state index in [0.29, 0.717) is 5.56 Å². The van der Waals surface area contributed by atoms with E-state index in [9.17, 15) is 4.79 Å². The van der Waals surface area contributed by atoms with Crippen molar-refractivity contribution in [3.63, 3.8) is 0 Å². The molecule has 0 saturated heterocycles. The molecule has 3 rings (SSSR count). The van der Waals surface area contributed by atoms with Crippen molar-refractivity contribution in [2.24, 2.45) is 0 Å². The molecule has 0 aliphatic heterocycles. The Bertz CT molecular complexity index is 851. The summed E-state index contributed by atoms with van der Waals surface area (Å²) in [4.78, 5) is 15.8. The van der Waals surface area contributed by atoms with Crippen LogP contribution in [0.1, 0.15) is 42.4 Å². The second kappa shape index (κ2) is 5.58. The number of H-pyrrole nitrogens is 1. The van der Waals surface area contributed by atoms with E-state index in [1.54, 1.807) is 0 Å². The SMILES string of the molecule is Cc1cc2c(NC(=O)c3ccc(C(C)(C)C)cc3)cccc2[nH]1.